The van der Waals surface area contributed by atoms with Crippen LogP contribution < -0.4 is 5.32 Å². The fourth-order valence-electron chi connectivity index (χ4n) is 1.69. The highest BCUT2D eigenvalue weighted by Crippen LogP contribution is 2.08. The van der Waals surface area contributed by atoms with Crippen LogP contribution in [0.2, 0.25) is 0 Å². The van der Waals surface area contributed by atoms with Gasteiger partial charge in [0.1, 0.15) is 0 Å². The van der Waals surface area contributed by atoms with Crippen LogP contribution in [-0.2, 0) is 0 Å². The molecule has 1 aromatic rings. The summed E-state index contributed by atoms with van der Waals surface area (Å²) in [5, 5.41) is 12.5. The van der Waals surface area contributed by atoms with Crippen molar-refractivity contribution in [2.75, 3.05) is 6.54 Å². The monoisotopic (exact) mass is 250 g/mol. The number of hydrogen-bond acceptors (Lipinski definition) is 3. The Balaban J connectivity index is 2.60. The maximum absolute atomic E-state index is 11.9. The molecule has 0 fully saturated rings. The molecule has 0 bridgehead atoms. The van der Waals surface area contributed by atoms with Crippen molar-refractivity contribution in [2.45, 2.75) is 40.2 Å². The van der Waals surface area contributed by atoms with Gasteiger partial charge in [-0.05, 0) is 31.9 Å². The first-order chi connectivity index (χ1) is 8.45. The lowest BCUT2D eigenvalue weighted by Crippen LogP contribution is -2.35. The van der Waals surface area contributed by atoms with Gasteiger partial charge >= 0.3 is 0 Å². The lowest BCUT2D eigenvalue weighted by Gasteiger charge is -2.17. The minimum absolute atomic E-state index is 0.178. The van der Waals surface area contributed by atoms with Gasteiger partial charge in [-0.2, -0.15) is 0 Å². The molecule has 0 saturated heterocycles. The van der Waals surface area contributed by atoms with E-state index in [1.54, 1.807) is 6.07 Å². The Bertz CT molecular complexity index is 418. The molecule has 1 amide bonds. The van der Waals surface area contributed by atoms with E-state index in [0.29, 0.717) is 11.3 Å². The molecule has 2 atom stereocenters. The number of carbonyl (C=O) groups is 1. The second-order valence-corrected chi connectivity index (χ2v) is 4.75. The molecule has 0 radical (unpaired) electrons. The molecule has 4 nitrogen and oxygen atoms in total. The maximum atomic E-state index is 11.9. The van der Waals surface area contributed by atoms with Gasteiger partial charge in [-0.1, -0.05) is 20.3 Å². The van der Waals surface area contributed by atoms with Gasteiger partial charge < -0.3 is 10.4 Å². The molecular weight excluding hydrogens is 228 g/mol. The molecule has 2 unspecified atom stereocenters. The molecule has 2 N–H and O–H groups in total. The van der Waals surface area contributed by atoms with Crippen molar-refractivity contribution >= 4 is 5.91 Å². The van der Waals surface area contributed by atoms with E-state index in [4.69, 9.17) is 0 Å². The Hall–Kier alpha value is -1.42. The van der Waals surface area contributed by atoms with Gasteiger partial charge in [0.25, 0.3) is 5.91 Å². The second-order valence-electron chi connectivity index (χ2n) is 4.75. The summed E-state index contributed by atoms with van der Waals surface area (Å²) in [7, 11) is 0. The number of amides is 1. The first kappa shape index (κ1) is 14.6. The highest BCUT2D eigenvalue weighted by atomic mass is 16.3. The van der Waals surface area contributed by atoms with E-state index in [2.05, 4.69) is 10.3 Å². The summed E-state index contributed by atoms with van der Waals surface area (Å²) in [6.45, 7) is 7.97. The van der Waals surface area contributed by atoms with Gasteiger partial charge in [0.2, 0.25) is 0 Å². The van der Waals surface area contributed by atoms with Crippen molar-refractivity contribution in [3.8, 4) is 0 Å². The zero-order valence-electron chi connectivity index (χ0n) is 11.5. The largest absolute Gasteiger partial charge is 0.391 e. The second kappa shape index (κ2) is 6.50. The van der Waals surface area contributed by atoms with Crippen LogP contribution >= 0.6 is 0 Å². The van der Waals surface area contributed by atoms with Crippen molar-refractivity contribution < 1.29 is 9.90 Å². The lowest BCUT2D eigenvalue weighted by atomic mass is 10.0. The number of pyridine rings is 1. The van der Waals surface area contributed by atoms with Crippen LogP contribution in [-0.4, -0.2) is 28.6 Å². The van der Waals surface area contributed by atoms with Crippen LogP contribution in [0.1, 0.15) is 42.0 Å². The predicted octanol–water partition coefficient (Wildman–Crippen LogP) is 1.84. The van der Waals surface area contributed by atoms with E-state index in [-0.39, 0.29) is 18.4 Å². The third-order valence-corrected chi connectivity index (χ3v) is 3.24. The Labute approximate surface area is 108 Å². The molecule has 0 aliphatic rings. The van der Waals surface area contributed by atoms with Crippen molar-refractivity contribution in [3.05, 3.63) is 29.1 Å². The molecule has 18 heavy (non-hydrogen) atoms. The summed E-state index contributed by atoms with van der Waals surface area (Å²) in [5.41, 5.74) is 2.17. The number of hydrogen-bond donors (Lipinski definition) is 2. The first-order valence-electron chi connectivity index (χ1n) is 6.36. The van der Waals surface area contributed by atoms with Crippen LogP contribution in [0.15, 0.2) is 12.1 Å². The van der Waals surface area contributed by atoms with Gasteiger partial charge in [-0.25, -0.2) is 0 Å². The van der Waals surface area contributed by atoms with Gasteiger partial charge in [-0.3, -0.25) is 9.78 Å². The number of aliphatic hydroxyl groups excluding tert-OH is 1. The highest BCUT2D eigenvalue weighted by Gasteiger charge is 2.15. The number of rotatable bonds is 5. The van der Waals surface area contributed by atoms with E-state index in [1.807, 2.05) is 33.8 Å². The molecular formula is C14H22N2O2. The number of aliphatic hydroxyl groups is 1. The number of nitrogens with zero attached hydrogens (tertiary/aromatic N) is 1. The molecule has 0 aliphatic carbocycles. The third-order valence-electron chi connectivity index (χ3n) is 3.24. The molecule has 0 saturated carbocycles. The number of aromatic nitrogens is 1. The summed E-state index contributed by atoms with van der Waals surface area (Å²) >= 11 is 0. The van der Waals surface area contributed by atoms with Crippen molar-refractivity contribution in [3.63, 3.8) is 0 Å². The number of aryl methyl sites for hydroxylation is 2. The van der Waals surface area contributed by atoms with Crippen LogP contribution in [0.4, 0.5) is 0 Å². The molecule has 4 heteroatoms. The van der Waals surface area contributed by atoms with Crippen molar-refractivity contribution in [2.24, 2.45) is 5.92 Å². The average Bonchev–Trinajstić information content (AvgIpc) is 2.34. The lowest BCUT2D eigenvalue weighted by molar-refractivity contribution is 0.0849. The minimum atomic E-state index is -0.502. The standard InChI is InChI=1S/C14H22N2O2/c1-5-9(2)13(17)8-15-14(18)12-7-6-10(3)16-11(12)4/h6-7,9,13,17H,5,8H2,1-4H3,(H,15,18). The summed E-state index contributed by atoms with van der Waals surface area (Å²) < 4.78 is 0. The van der Waals surface area contributed by atoms with Crippen molar-refractivity contribution in [1.29, 1.82) is 0 Å². The minimum Gasteiger partial charge on any atom is -0.391 e. The third kappa shape index (κ3) is 3.81. The molecule has 0 aromatic carbocycles. The van der Waals surface area contributed by atoms with Gasteiger partial charge in [0.15, 0.2) is 0 Å². The van der Waals surface area contributed by atoms with E-state index in [9.17, 15) is 9.90 Å². The fraction of sp³-hybridized carbons (Fsp3) is 0.571. The van der Waals surface area contributed by atoms with E-state index in [0.717, 1.165) is 12.1 Å². The highest BCUT2D eigenvalue weighted by molar-refractivity contribution is 5.95. The number of nitrogens with one attached hydrogen (secondary N) is 1. The average molecular weight is 250 g/mol. The molecule has 0 spiro atoms. The Morgan fingerprint density at radius 2 is 2.11 bits per heavy atom. The van der Waals surface area contributed by atoms with E-state index < -0.39 is 6.10 Å². The molecule has 1 heterocycles. The molecule has 0 aliphatic heterocycles. The quantitative estimate of drug-likeness (QED) is 0.838. The zero-order valence-corrected chi connectivity index (χ0v) is 11.5. The summed E-state index contributed by atoms with van der Waals surface area (Å²) in [6, 6.07) is 3.58. The Kier molecular flexibility index (Phi) is 5.28. The molecule has 1 rings (SSSR count). The van der Waals surface area contributed by atoms with Crippen LogP contribution in [0.3, 0.4) is 0 Å². The van der Waals surface area contributed by atoms with Gasteiger partial charge in [0, 0.05) is 12.2 Å². The fourth-order valence-corrected chi connectivity index (χ4v) is 1.69. The smallest absolute Gasteiger partial charge is 0.253 e. The van der Waals surface area contributed by atoms with Crippen LogP contribution in [0.25, 0.3) is 0 Å². The van der Waals surface area contributed by atoms with E-state index >= 15 is 0 Å². The maximum Gasteiger partial charge on any atom is 0.253 e. The van der Waals surface area contributed by atoms with Gasteiger partial charge in [0.05, 0.1) is 17.4 Å². The summed E-state index contributed by atoms with van der Waals surface area (Å²) in [6.07, 6.45) is 0.389. The summed E-state index contributed by atoms with van der Waals surface area (Å²) in [5.74, 6) is 0.00453. The Morgan fingerprint density at radius 3 is 2.67 bits per heavy atom. The summed E-state index contributed by atoms with van der Waals surface area (Å²) in [4.78, 5) is 16.2. The normalized spacial score (nSPS) is 14.1. The first-order valence-corrected chi connectivity index (χ1v) is 6.36. The topological polar surface area (TPSA) is 62.2 Å². The Morgan fingerprint density at radius 1 is 1.44 bits per heavy atom. The van der Waals surface area contributed by atoms with Crippen LogP contribution in [0, 0.1) is 19.8 Å². The van der Waals surface area contributed by atoms with Gasteiger partial charge in [-0.15, -0.1) is 0 Å². The predicted molar refractivity (Wildman–Crippen MR) is 71.5 cm³/mol. The van der Waals surface area contributed by atoms with Crippen LogP contribution in [0.5, 0.6) is 0 Å². The molecule has 100 valence electrons. The zero-order chi connectivity index (χ0) is 13.7. The number of carbonyl (C=O) groups excluding carboxylic acids is 1. The van der Waals surface area contributed by atoms with Crippen molar-refractivity contribution in [1.82, 2.24) is 10.3 Å². The van der Waals surface area contributed by atoms with E-state index in [1.165, 1.54) is 0 Å². The molecule has 1 aromatic heterocycles. The SMILES string of the molecule is CCC(C)C(O)CNC(=O)c1ccc(C)nc1C.